The number of nitrogens with one attached hydrogen (secondary N) is 1. The minimum atomic E-state index is -0.270. The van der Waals surface area contributed by atoms with E-state index in [1.807, 2.05) is 73.2 Å². The summed E-state index contributed by atoms with van der Waals surface area (Å²) in [5.74, 6) is 0.191. The van der Waals surface area contributed by atoms with Gasteiger partial charge in [0.15, 0.2) is 0 Å². The van der Waals surface area contributed by atoms with Crippen LogP contribution in [0.4, 0.5) is 11.4 Å². The van der Waals surface area contributed by atoms with Crippen LogP contribution in [0.1, 0.15) is 15.9 Å². The number of aromatic nitrogens is 1. The van der Waals surface area contributed by atoms with Gasteiger partial charge in [0.2, 0.25) is 0 Å². The molecule has 6 heteroatoms. The molecular formula is C21H22ClN3O2. The summed E-state index contributed by atoms with van der Waals surface area (Å²) in [4.78, 5) is 14.9. The second-order valence-corrected chi connectivity index (χ2v) is 6.85. The standard InChI is InChI=1S/C21H22ClN3O2/c1-14-11-15(24(2)3)7-8-18(14)23-21(26)16-12-17(22)19(13-20(16)27-4)25-9-5-6-10-25/h5-13H,1-4H3,(H,23,26). The number of anilines is 2. The summed E-state index contributed by atoms with van der Waals surface area (Å²) in [6, 6.07) is 13.1. The summed E-state index contributed by atoms with van der Waals surface area (Å²) in [5, 5.41) is 3.42. The zero-order chi connectivity index (χ0) is 19.6. The lowest BCUT2D eigenvalue weighted by Gasteiger charge is -2.17. The fraction of sp³-hybridized carbons (Fsp3) is 0.190. The van der Waals surface area contributed by atoms with Crippen LogP contribution in [0, 0.1) is 6.92 Å². The topological polar surface area (TPSA) is 46.5 Å². The van der Waals surface area contributed by atoms with Crippen molar-refractivity contribution < 1.29 is 9.53 Å². The maximum absolute atomic E-state index is 12.8. The van der Waals surface area contributed by atoms with E-state index in [1.54, 1.807) is 12.1 Å². The number of aryl methyl sites for hydroxylation is 1. The Kier molecular flexibility index (Phi) is 5.42. The van der Waals surface area contributed by atoms with Crippen molar-refractivity contribution in [3.63, 3.8) is 0 Å². The maximum atomic E-state index is 12.8. The molecule has 1 aromatic heterocycles. The predicted octanol–water partition coefficient (Wildman–Crippen LogP) is 4.77. The van der Waals surface area contributed by atoms with Gasteiger partial charge in [-0.3, -0.25) is 4.79 Å². The van der Waals surface area contributed by atoms with E-state index in [9.17, 15) is 4.79 Å². The smallest absolute Gasteiger partial charge is 0.259 e. The average Bonchev–Trinajstić information content (AvgIpc) is 3.17. The Bertz CT molecular complexity index is 966. The molecule has 3 rings (SSSR count). The fourth-order valence-electron chi connectivity index (χ4n) is 2.84. The fourth-order valence-corrected chi connectivity index (χ4v) is 3.10. The molecule has 0 radical (unpaired) electrons. The van der Waals surface area contributed by atoms with Crippen LogP contribution < -0.4 is 15.0 Å². The Morgan fingerprint density at radius 3 is 2.44 bits per heavy atom. The highest BCUT2D eigenvalue weighted by Crippen LogP contribution is 2.31. The number of methoxy groups -OCH3 is 1. The van der Waals surface area contributed by atoms with Crippen molar-refractivity contribution in [2.45, 2.75) is 6.92 Å². The number of benzene rings is 2. The number of amides is 1. The van der Waals surface area contributed by atoms with Gasteiger partial charge in [-0.2, -0.15) is 0 Å². The molecule has 1 heterocycles. The van der Waals surface area contributed by atoms with Gasteiger partial charge >= 0.3 is 0 Å². The van der Waals surface area contributed by atoms with Crippen LogP contribution in [0.3, 0.4) is 0 Å². The molecule has 5 nitrogen and oxygen atoms in total. The van der Waals surface area contributed by atoms with E-state index >= 15 is 0 Å². The van der Waals surface area contributed by atoms with Gasteiger partial charge in [-0.1, -0.05) is 11.6 Å². The van der Waals surface area contributed by atoms with Crippen molar-refractivity contribution in [1.82, 2.24) is 4.57 Å². The Balaban J connectivity index is 1.92. The predicted molar refractivity (Wildman–Crippen MR) is 111 cm³/mol. The van der Waals surface area contributed by atoms with Gasteiger partial charge in [-0.25, -0.2) is 0 Å². The van der Waals surface area contributed by atoms with Crippen molar-refractivity contribution >= 4 is 28.9 Å². The van der Waals surface area contributed by atoms with Crippen molar-refractivity contribution in [3.05, 3.63) is 71.0 Å². The molecule has 27 heavy (non-hydrogen) atoms. The Morgan fingerprint density at radius 2 is 1.85 bits per heavy atom. The maximum Gasteiger partial charge on any atom is 0.259 e. The number of carbonyl (C=O) groups is 1. The van der Waals surface area contributed by atoms with Crippen LogP contribution in [-0.2, 0) is 0 Å². The summed E-state index contributed by atoms with van der Waals surface area (Å²) in [6.07, 6.45) is 3.77. The molecule has 0 saturated carbocycles. The van der Waals surface area contributed by atoms with Crippen LogP contribution in [0.15, 0.2) is 54.9 Å². The third-order valence-electron chi connectivity index (χ3n) is 4.37. The molecular weight excluding hydrogens is 362 g/mol. The van der Waals surface area contributed by atoms with Gasteiger partial charge in [0.1, 0.15) is 5.75 Å². The van der Waals surface area contributed by atoms with Crippen molar-refractivity contribution in [3.8, 4) is 11.4 Å². The van der Waals surface area contributed by atoms with E-state index in [-0.39, 0.29) is 5.91 Å². The van der Waals surface area contributed by atoms with E-state index in [2.05, 4.69) is 5.32 Å². The number of rotatable bonds is 5. The van der Waals surface area contributed by atoms with Gasteiger partial charge in [0.05, 0.1) is 23.4 Å². The molecule has 0 bridgehead atoms. The van der Waals surface area contributed by atoms with Crippen LogP contribution in [-0.4, -0.2) is 31.7 Å². The molecule has 0 spiro atoms. The van der Waals surface area contributed by atoms with Crippen LogP contribution in [0.2, 0.25) is 5.02 Å². The SMILES string of the molecule is COc1cc(-n2cccc2)c(Cl)cc1C(=O)Nc1ccc(N(C)C)cc1C. The molecule has 3 aromatic rings. The Hall–Kier alpha value is -2.92. The zero-order valence-electron chi connectivity index (χ0n) is 15.8. The van der Waals surface area contributed by atoms with Gasteiger partial charge in [0.25, 0.3) is 5.91 Å². The summed E-state index contributed by atoms with van der Waals surface area (Å²) in [6.45, 7) is 1.96. The number of ether oxygens (including phenoxy) is 1. The highest BCUT2D eigenvalue weighted by atomic mass is 35.5. The number of hydrogen-bond acceptors (Lipinski definition) is 3. The minimum Gasteiger partial charge on any atom is -0.496 e. The lowest BCUT2D eigenvalue weighted by molar-refractivity contribution is 0.102. The van der Waals surface area contributed by atoms with Crippen LogP contribution in [0.25, 0.3) is 5.69 Å². The van der Waals surface area contributed by atoms with Gasteiger partial charge < -0.3 is 19.5 Å². The van der Waals surface area contributed by atoms with E-state index < -0.39 is 0 Å². The molecule has 1 amide bonds. The first-order valence-corrected chi connectivity index (χ1v) is 8.88. The molecule has 0 saturated heterocycles. The number of hydrogen-bond donors (Lipinski definition) is 1. The highest BCUT2D eigenvalue weighted by Gasteiger charge is 2.17. The Morgan fingerprint density at radius 1 is 1.15 bits per heavy atom. The van der Waals surface area contributed by atoms with Gasteiger partial charge in [-0.05, 0) is 48.9 Å². The highest BCUT2D eigenvalue weighted by molar-refractivity contribution is 6.33. The van der Waals surface area contributed by atoms with Crippen LogP contribution in [0.5, 0.6) is 5.75 Å². The second kappa shape index (κ2) is 7.76. The molecule has 140 valence electrons. The summed E-state index contributed by atoms with van der Waals surface area (Å²) in [5.41, 5.74) is 3.93. The molecule has 0 atom stereocenters. The lowest BCUT2D eigenvalue weighted by Crippen LogP contribution is -2.15. The molecule has 0 aliphatic heterocycles. The normalized spacial score (nSPS) is 10.6. The summed E-state index contributed by atoms with van der Waals surface area (Å²) >= 11 is 6.42. The van der Waals surface area contributed by atoms with E-state index in [4.69, 9.17) is 16.3 Å². The third-order valence-corrected chi connectivity index (χ3v) is 4.67. The van der Waals surface area contributed by atoms with Crippen molar-refractivity contribution in [1.29, 1.82) is 0 Å². The lowest BCUT2D eigenvalue weighted by atomic mass is 10.1. The first-order chi connectivity index (χ1) is 12.9. The summed E-state index contributed by atoms with van der Waals surface area (Å²) < 4.78 is 7.31. The largest absolute Gasteiger partial charge is 0.496 e. The van der Waals surface area contributed by atoms with Crippen LogP contribution >= 0.6 is 11.6 Å². The average molecular weight is 384 g/mol. The number of nitrogens with zero attached hydrogens (tertiary/aromatic N) is 2. The first-order valence-electron chi connectivity index (χ1n) is 8.51. The first kappa shape index (κ1) is 18.9. The monoisotopic (exact) mass is 383 g/mol. The molecule has 0 aliphatic carbocycles. The number of halogens is 1. The van der Waals surface area contributed by atoms with Gasteiger partial charge in [-0.15, -0.1) is 0 Å². The molecule has 0 aliphatic rings. The second-order valence-electron chi connectivity index (χ2n) is 6.44. The number of carbonyl (C=O) groups excluding carboxylic acids is 1. The van der Waals surface area contributed by atoms with Gasteiger partial charge in [0, 0.05) is 43.9 Å². The minimum absolute atomic E-state index is 0.270. The third kappa shape index (κ3) is 3.93. The quantitative estimate of drug-likeness (QED) is 0.690. The zero-order valence-corrected chi connectivity index (χ0v) is 16.5. The molecule has 0 fully saturated rings. The molecule has 1 N–H and O–H groups in total. The van der Waals surface area contributed by atoms with E-state index in [1.165, 1.54) is 7.11 Å². The van der Waals surface area contributed by atoms with Crippen molar-refractivity contribution in [2.75, 3.05) is 31.4 Å². The van der Waals surface area contributed by atoms with Crippen molar-refractivity contribution in [2.24, 2.45) is 0 Å². The summed E-state index contributed by atoms with van der Waals surface area (Å²) in [7, 11) is 5.50. The van der Waals surface area contributed by atoms with E-state index in [0.717, 1.165) is 22.6 Å². The Labute approximate surface area is 164 Å². The molecule has 2 aromatic carbocycles. The molecule has 0 unspecified atom stereocenters. The van der Waals surface area contributed by atoms with E-state index in [0.29, 0.717) is 16.3 Å².